The molecule has 1 saturated heterocycles. The summed E-state index contributed by atoms with van der Waals surface area (Å²) >= 11 is 0. The lowest BCUT2D eigenvalue weighted by molar-refractivity contribution is 0.351. The van der Waals surface area contributed by atoms with E-state index in [0.717, 1.165) is 49.0 Å². The standard InChI is InChI=1S/C16H25FN2/c1-12(2)14-4-3-8-19(9-7-14)16-6-5-13(11-18)10-15(16)17/h5-6,10,12,14H,3-4,7-9,11,18H2,1-2H3. The van der Waals surface area contributed by atoms with Gasteiger partial charge in [0.25, 0.3) is 0 Å². The zero-order valence-corrected chi connectivity index (χ0v) is 12.0. The van der Waals surface area contributed by atoms with Gasteiger partial charge in [-0.05, 0) is 48.8 Å². The Balaban J connectivity index is 2.10. The highest BCUT2D eigenvalue weighted by atomic mass is 19.1. The first-order chi connectivity index (χ1) is 9.11. The number of hydrogen-bond acceptors (Lipinski definition) is 2. The first-order valence-corrected chi connectivity index (χ1v) is 7.35. The van der Waals surface area contributed by atoms with Gasteiger partial charge in [0, 0.05) is 19.6 Å². The van der Waals surface area contributed by atoms with Crippen LogP contribution in [0.4, 0.5) is 10.1 Å². The molecular weight excluding hydrogens is 239 g/mol. The van der Waals surface area contributed by atoms with Crippen molar-refractivity contribution in [1.82, 2.24) is 0 Å². The normalized spacial score (nSPS) is 20.7. The van der Waals surface area contributed by atoms with Crippen LogP contribution in [0.2, 0.25) is 0 Å². The predicted molar refractivity (Wildman–Crippen MR) is 78.7 cm³/mol. The molecule has 0 spiro atoms. The van der Waals surface area contributed by atoms with Gasteiger partial charge >= 0.3 is 0 Å². The van der Waals surface area contributed by atoms with Gasteiger partial charge in [-0.3, -0.25) is 0 Å². The van der Waals surface area contributed by atoms with E-state index in [0.29, 0.717) is 6.54 Å². The average molecular weight is 264 g/mol. The van der Waals surface area contributed by atoms with Crippen molar-refractivity contribution in [3.63, 3.8) is 0 Å². The second-order valence-corrected chi connectivity index (χ2v) is 5.91. The molecule has 2 rings (SSSR count). The van der Waals surface area contributed by atoms with Crippen LogP contribution in [0.25, 0.3) is 0 Å². The fourth-order valence-corrected chi connectivity index (χ4v) is 2.96. The molecule has 1 unspecified atom stereocenters. The predicted octanol–water partition coefficient (Wildman–Crippen LogP) is 3.55. The topological polar surface area (TPSA) is 29.3 Å². The number of hydrogen-bond donors (Lipinski definition) is 1. The molecule has 0 aromatic heterocycles. The van der Waals surface area contributed by atoms with Gasteiger partial charge in [0.1, 0.15) is 5.82 Å². The maximum atomic E-state index is 14.1. The largest absolute Gasteiger partial charge is 0.369 e. The Morgan fingerprint density at radius 3 is 2.74 bits per heavy atom. The van der Waals surface area contributed by atoms with Crippen molar-refractivity contribution in [2.24, 2.45) is 17.6 Å². The molecule has 0 saturated carbocycles. The van der Waals surface area contributed by atoms with E-state index < -0.39 is 0 Å². The molecular formula is C16H25FN2. The number of rotatable bonds is 3. The molecule has 0 radical (unpaired) electrons. The molecule has 0 bridgehead atoms. The molecule has 106 valence electrons. The highest BCUT2D eigenvalue weighted by Gasteiger charge is 2.21. The van der Waals surface area contributed by atoms with Crippen LogP contribution in [0.15, 0.2) is 18.2 Å². The third kappa shape index (κ3) is 3.47. The lowest BCUT2D eigenvalue weighted by Crippen LogP contribution is -2.25. The van der Waals surface area contributed by atoms with Crippen LogP contribution in [0, 0.1) is 17.7 Å². The summed E-state index contributed by atoms with van der Waals surface area (Å²) < 4.78 is 14.1. The molecule has 1 aromatic carbocycles. The van der Waals surface area contributed by atoms with Crippen LogP contribution in [-0.2, 0) is 6.54 Å². The zero-order chi connectivity index (χ0) is 13.8. The van der Waals surface area contributed by atoms with Crippen molar-refractivity contribution in [3.8, 4) is 0 Å². The Labute approximate surface area is 115 Å². The second-order valence-electron chi connectivity index (χ2n) is 5.91. The summed E-state index contributed by atoms with van der Waals surface area (Å²) in [7, 11) is 0. The summed E-state index contributed by atoms with van der Waals surface area (Å²) in [6.07, 6.45) is 3.58. The molecule has 1 atom stereocenters. The summed E-state index contributed by atoms with van der Waals surface area (Å²) in [5, 5.41) is 0. The Morgan fingerprint density at radius 2 is 2.11 bits per heavy atom. The van der Waals surface area contributed by atoms with Crippen molar-refractivity contribution < 1.29 is 4.39 Å². The third-order valence-electron chi connectivity index (χ3n) is 4.30. The minimum absolute atomic E-state index is 0.133. The fraction of sp³-hybridized carbons (Fsp3) is 0.625. The van der Waals surface area contributed by atoms with Crippen LogP contribution in [0.5, 0.6) is 0 Å². The second kappa shape index (κ2) is 6.38. The molecule has 0 amide bonds. The average Bonchev–Trinajstić information content (AvgIpc) is 2.64. The van der Waals surface area contributed by atoms with E-state index in [2.05, 4.69) is 18.7 Å². The van der Waals surface area contributed by atoms with Gasteiger partial charge in [0.2, 0.25) is 0 Å². The van der Waals surface area contributed by atoms with Crippen LogP contribution in [-0.4, -0.2) is 13.1 Å². The summed E-state index contributed by atoms with van der Waals surface area (Å²) in [6.45, 7) is 6.89. The molecule has 2 N–H and O–H groups in total. The minimum Gasteiger partial charge on any atom is -0.369 e. The Kier molecular flexibility index (Phi) is 4.81. The zero-order valence-electron chi connectivity index (χ0n) is 12.0. The smallest absolute Gasteiger partial charge is 0.146 e. The quantitative estimate of drug-likeness (QED) is 0.904. The van der Waals surface area contributed by atoms with Crippen molar-refractivity contribution in [2.75, 3.05) is 18.0 Å². The first kappa shape index (κ1) is 14.3. The lowest BCUT2D eigenvalue weighted by atomic mass is 9.89. The van der Waals surface area contributed by atoms with Crippen LogP contribution < -0.4 is 10.6 Å². The van der Waals surface area contributed by atoms with E-state index in [1.165, 1.54) is 6.42 Å². The lowest BCUT2D eigenvalue weighted by Gasteiger charge is -2.24. The van der Waals surface area contributed by atoms with Crippen LogP contribution in [0.3, 0.4) is 0 Å². The molecule has 2 nitrogen and oxygen atoms in total. The van der Waals surface area contributed by atoms with Crippen molar-refractivity contribution in [2.45, 2.75) is 39.7 Å². The molecule has 1 aliphatic heterocycles. The van der Waals surface area contributed by atoms with E-state index in [-0.39, 0.29) is 5.82 Å². The number of anilines is 1. The van der Waals surface area contributed by atoms with Gasteiger partial charge in [-0.1, -0.05) is 19.9 Å². The molecule has 0 aliphatic carbocycles. The number of benzene rings is 1. The van der Waals surface area contributed by atoms with E-state index in [1.54, 1.807) is 6.07 Å². The van der Waals surface area contributed by atoms with Gasteiger partial charge in [-0.15, -0.1) is 0 Å². The highest BCUT2D eigenvalue weighted by Crippen LogP contribution is 2.28. The molecule has 3 heteroatoms. The minimum atomic E-state index is -0.133. The van der Waals surface area contributed by atoms with Crippen LogP contribution >= 0.6 is 0 Å². The van der Waals surface area contributed by atoms with Gasteiger partial charge in [0.05, 0.1) is 5.69 Å². The molecule has 19 heavy (non-hydrogen) atoms. The van der Waals surface area contributed by atoms with Gasteiger partial charge in [0.15, 0.2) is 0 Å². The maximum absolute atomic E-state index is 14.1. The molecule has 1 aromatic rings. The molecule has 1 heterocycles. The number of nitrogens with zero attached hydrogens (tertiary/aromatic N) is 1. The maximum Gasteiger partial charge on any atom is 0.146 e. The Hall–Kier alpha value is -1.09. The van der Waals surface area contributed by atoms with E-state index >= 15 is 0 Å². The third-order valence-corrected chi connectivity index (χ3v) is 4.30. The van der Waals surface area contributed by atoms with E-state index in [4.69, 9.17) is 5.73 Å². The number of nitrogens with two attached hydrogens (primary N) is 1. The summed E-state index contributed by atoms with van der Waals surface area (Å²) in [4.78, 5) is 2.19. The van der Waals surface area contributed by atoms with Crippen molar-refractivity contribution >= 4 is 5.69 Å². The Morgan fingerprint density at radius 1 is 1.32 bits per heavy atom. The van der Waals surface area contributed by atoms with Crippen LogP contribution in [0.1, 0.15) is 38.7 Å². The SMILES string of the molecule is CC(C)C1CCCN(c2ccc(CN)cc2F)CC1. The van der Waals surface area contributed by atoms with Crippen molar-refractivity contribution in [1.29, 1.82) is 0 Å². The van der Waals surface area contributed by atoms with Gasteiger partial charge < -0.3 is 10.6 Å². The summed E-state index contributed by atoms with van der Waals surface area (Å²) in [6, 6.07) is 5.39. The molecule has 1 fully saturated rings. The number of halogens is 1. The highest BCUT2D eigenvalue weighted by molar-refractivity contribution is 5.49. The molecule has 1 aliphatic rings. The first-order valence-electron chi connectivity index (χ1n) is 7.35. The van der Waals surface area contributed by atoms with E-state index in [9.17, 15) is 4.39 Å². The Bertz CT molecular complexity index is 417. The van der Waals surface area contributed by atoms with Gasteiger partial charge in [-0.2, -0.15) is 0 Å². The van der Waals surface area contributed by atoms with Gasteiger partial charge in [-0.25, -0.2) is 4.39 Å². The fourth-order valence-electron chi connectivity index (χ4n) is 2.96. The van der Waals surface area contributed by atoms with Crippen molar-refractivity contribution in [3.05, 3.63) is 29.6 Å². The summed E-state index contributed by atoms with van der Waals surface area (Å²) in [5.74, 6) is 1.37. The monoisotopic (exact) mass is 264 g/mol. The summed E-state index contributed by atoms with van der Waals surface area (Å²) in [5.41, 5.74) is 7.14. The van der Waals surface area contributed by atoms with E-state index in [1.807, 2.05) is 12.1 Å².